The molecule has 1 atom stereocenters. The smallest absolute Gasteiger partial charge is 0.303 e. The fraction of sp³-hybridized carbons (Fsp3) is 0.900. The maximum Gasteiger partial charge on any atom is 0.303 e. The minimum Gasteiger partial charge on any atom is -0.481 e. The second-order valence-corrected chi connectivity index (χ2v) is 3.95. The average Bonchev–Trinajstić information content (AvgIpc) is 2.79. The van der Waals surface area contributed by atoms with Gasteiger partial charge in [0.1, 0.15) is 0 Å². The summed E-state index contributed by atoms with van der Waals surface area (Å²) >= 11 is 0. The number of hydrogen-bond donors (Lipinski definition) is 1. The van der Waals surface area contributed by atoms with Crippen molar-refractivity contribution in [2.24, 2.45) is 11.8 Å². The van der Waals surface area contributed by atoms with E-state index in [1.807, 2.05) is 0 Å². The number of rotatable bonds is 6. The van der Waals surface area contributed by atoms with Gasteiger partial charge in [-0.2, -0.15) is 0 Å². The predicted molar refractivity (Wildman–Crippen MR) is 48.0 cm³/mol. The molecule has 0 spiro atoms. The van der Waals surface area contributed by atoms with Gasteiger partial charge >= 0.3 is 5.97 Å². The first kappa shape index (κ1) is 9.56. The van der Waals surface area contributed by atoms with Crippen LogP contribution < -0.4 is 0 Å². The molecule has 0 aromatic heterocycles. The van der Waals surface area contributed by atoms with Crippen molar-refractivity contribution in [2.75, 3.05) is 0 Å². The maximum atomic E-state index is 10.2. The van der Waals surface area contributed by atoms with Gasteiger partial charge in [0.2, 0.25) is 0 Å². The van der Waals surface area contributed by atoms with Crippen molar-refractivity contribution < 1.29 is 9.90 Å². The van der Waals surface area contributed by atoms with Gasteiger partial charge in [0.05, 0.1) is 0 Å². The summed E-state index contributed by atoms with van der Waals surface area (Å²) < 4.78 is 0. The zero-order valence-corrected chi connectivity index (χ0v) is 7.75. The lowest BCUT2D eigenvalue weighted by molar-refractivity contribution is -0.137. The van der Waals surface area contributed by atoms with Crippen molar-refractivity contribution in [3.05, 3.63) is 0 Å². The second-order valence-electron chi connectivity index (χ2n) is 3.95. The van der Waals surface area contributed by atoms with E-state index in [9.17, 15) is 4.79 Å². The summed E-state index contributed by atoms with van der Waals surface area (Å²) in [5.41, 5.74) is 0. The van der Waals surface area contributed by atoms with Crippen LogP contribution in [-0.2, 0) is 4.79 Å². The normalized spacial score (nSPS) is 19.1. The summed E-state index contributed by atoms with van der Waals surface area (Å²) in [6.07, 6.45) is 6.31. The predicted octanol–water partition coefficient (Wildman–Crippen LogP) is 2.68. The van der Waals surface area contributed by atoms with Crippen LogP contribution in [0.2, 0.25) is 0 Å². The highest BCUT2D eigenvalue weighted by molar-refractivity contribution is 5.66. The van der Waals surface area contributed by atoms with Crippen LogP contribution in [0.5, 0.6) is 0 Å². The zero-order valence-electron chi connectivity index (χ0n) is 7.75. The van der Waals surface area contributed by atoms with Crippen LogP contribution in [0.3, 0.4) is 0 Å². The second kappa shape index (κ2) is 4.48. The minimum atomic E-state index is -0.658. The van der Waals surface area contributed by atoms with Gasteiger partial charge in [-0.15, -0.1) is 0 Å². The molecule has 0 bridgehead atoms. The van der Waals surface area contributed by atoms with Crippen LogP contribution in [-0.4, -0.2) is 11.1 Å². The lowest BCUT2D eigenvalue weighted by atomic mass is 9.99. The van der Waals surface area contributed by atoms with E-state index in [0.717, 1.165) is 24.7 Å². The third-order valence-corrected chi connectivity index (χ3v) is 2.73. The lowest BCUT2D eigenvalue weighted by Gasteiger charge is -2.07. The van der Waals surface area contributed by atoms with E-state index in [0.29, 0.717) is 6.42 Å². The summed E-state index contributed by atoms with van der Waals surface area (Å²) in [5, 5.41) is 8.40. The molecule has 1 saturated carbocycles. The Labute approximate surface area is 74.0 Å². The van der Waals surface area contributed by atoms with Crippen LogP contribution in [0.1, 0.15) is 45.4 Å². The summed E-state index contributed by atoms with van der Waals surface area (Å²) in [6, 6.07) is 0. The molecule has 2 heteroatoms. The lowest BCUT2D eigenvalue weighted by Crippen LogP contribution is -1.98. The molecule has 0 radical (unpaired) electrons. The van der Waals surface area contributed by atoms with Crippen molar-refractivity contribution >= 4 is 5.97 Å². The van der Waals surface area contributed by atoms with Crippen LogP contribution >= 0.6 is 0 Å². The van der Waals surface area contributed by atoms with Crippen LogP contribution in [0.15, 0.2) is 0 Å². The van der Waals surface area contributed by atoms with Crippen LogP contribution in [0.25, 0.3) is 0 Å². The Hall–Kier alpha value is -0.530. The fourth-order valence-corrected chi connectivity index (χ4v) is 1.64. The molecule has 0 amide bonds. The molecule has 0 heterocycles. The van der Waals surface area contributed by atoms with E-state index in [1.54, 1.807) is 0 Å². The molecule has 1 aliphatic rings. The third-order valence-electron chi connectivity index (χ3n) is 2.73. The first-order valence-corrected chi connectivity index (χ1v) is 4.92. The molecule has 1 rings (SSSR count). The van der Waals surface area contributed by atoms with Crippen molar-refractivity contribution in [3.8, 4) is 0 Å². The summed E-state index contributed by atoms with van der Waals surface area (Å²) in [5.74, 6) is 1.14. The molecule has 0 saturated heterocycles. The monoisotopic (exact) mass is 170 g/mol. The molecule has 1 unspecified atom stereocenters. The van der Waals surface area contributed by atoms with E-state index >= 15 is 0 Å². The largest absolute Gasteiger partial charge is 0.481 e. The zero-order chi connectivity index (χ0) is 8.97. The summed E-state index contributed by atoms with van der Waals surface area (Å²) in [4.78, 5) is 10.2. The molecule has 12 heavy (non-hydrogen) atoms. The van der Waals surface area contributed by atoms with Gasteiger partial charge in [0.25, 0.3) is 0 Å². The summed E-state index contributed by atoms with van der Waals surface area (Å²) in [7, 11) is 0. The molecule has 1 aliphatic carbocycles. The number of carbonyl (C=O) groups is 1. The molecule has 2 nitrogen and oxygen atoms in total. The standard InChI is InChI=1S/C10H18O2/c1-8(9-6-7-9)4-2-3-5-10(11)12/h8-9H,2-7H2,1H3,(H,11,12). The van der Waals surface area contributed by atoms with Crippen molar-refractivity contribution in [3.63, 3.8) is 0 Å². The van der Waals surface area contributed by atoms with Gasteiger partial charge < -0.3 is 5.11 Å². The van der Waals surface area contributed by atoms with E-state index in [1.165, 1.54) is 19.3 Å². The Morgan fingerprint density at radius 1 is 1.50 bits per heavy atom. The Morgan fingerprint density at radius 3 is 2.67 bits per heavy atom. The van der Waals surface area contributed by atoms with Gasteiger partial charge in [0.15, 0.2) is 0 Å². The fourth-order valence-electron chi connectivity index (χ4n) is 1.64. The number of aliphatic carboxylic acids is 1. The SMILES string of the molecule is CC(CCCCC(=O)O)C1CC1. The Morgan fingerprint density at radius 2 is 2.17 bits per heavy atom. The number of hydrogen-bond acceptors (Lipinski definition) is 1. The topological polar surface area (TPSA) is 37.3 Å². The molecular weight excluding hydrogens is 152 g/mol. The van der Waals surface area contributed by atoms with Gasteiger partial charge in [-0.3, -0.25) is 4.79 Å². The molecule has 1 N–H and O–H groups in total. The quantitative estimate of drug-likeness (QED) is 0.622. The number of unbranched alkanes of at least 4 members (excludes halogenated alkanes) is 1. The average molecular weight is 170 g/mol. The first-order chi connectivity index (χ1) is 5.70. The number of carboxylic acids is 1. The maximum absolute atomic E-state index is 10.2. The van der Waals surface area contributed by atoms with E-state index in [4.69, 9.17) is 5.11 Å². The van der Waals surface area contributed by atoms with Crippen molar-refractivity contribution in [2.45, 2.75) is 45.4 Å². The molecule has 0 aliphatic heterocycles. The van der Waals surface area contributed by atoms with Gasteiger partial charge in [-0.1, -0.05) is 19.8 Å². The minimum absolute atomic E-state index is 0.345. The Balaban J connectivity index is 1.90. The molecule has 70 valence electrons. The van der Waals surface area contributed by atoms with Crippen molar-refractivity contribution in [1.29, 1.82) is 0 Å². The van der Waals surface area contributed by atoms with Crippen LogP contribution in [0, 0.1) is 11.8 Å². The molecular formula is C10H18O2. The Bertz CT molecular complexity index is 150. The van der Waals surface area contributed by atoms with Crippen molar-refractivity contribution in [1.82, 2.24) is 0 Å². The van der Waals surface area contributed by atoms with Gasteiger partial charge in [-0.25, -0.2) is 0 Å². The van der Waals surface area contributed by atoms with Gasteiger partial charge in [0, 0.05) is 6.42 Å². The van der Waals surface area contributed by atoms with Crippen LogP contribution in [0.4, 0.5) is 0 Å². The summed E-state index contributed by atoms with van der Waals surface area (Å²) in [6.45, 7) is 2.29. The van der Waals surface area contributed by atoms with E-state index < -0.39 is 5.97 Å². The molecule has 0 aromatic carbocycles. The van der Waals surface area contributed by atoms with E-state index in [-0.39, 0.29) is 0 Å². The highest BCUT2D eigenvalue weighted by Crippen LogP contribution is 2.38. The first-order valence-electron chi connectivity index (χ1n) is 4.92. The van der Waals surface area contributed by atoms with E-state index in [2.05, 4.69) is 6.92 Å². The Kier molecular flexibility index (Phi) is 3.57. The molecule has 1 fully saturated rings. The van der Waals surface area contributed by atoms with Gasteiger partial charge in [-0.05, 0) is 31.1 Å². The highest BCUT2D eigenvalue weighted by Gasteiger charge is 2.26. The molecule has 0 aromatic rings. The third kappa shape index (κ3) is 3.74. The highest BCUT2D eigenvalue weighted by atomic mass is 16.4. The number of carboxylic acid groups (broad SMARTS) is 1.